The Balaban J connectivity index is 2.92. The van der Waals surface area contributed by atoms with Crippen LogP contribution in [0.3, 0.4) is 0 Å². The Labute approximate surface area is 105 Å². The summed E-state index contributed by atoms with van der Waals surface area (Å²) < 4.78 is 6.44. The Kier molecular flexibility index (Phi) is 3.95. The average Bonchev–Trinajstić information content (AvgIpc) is 2.57. The van der Waals surface area contributed by atoms with Crippen LogP contribution in [0.5, 0.6) is 0 Å². The topological polar surface area (TPSA) is 93.5 Å². The van der Waals surface area contributed by atoms with Crippen LogP contribution in [0, 0.1) is 0 Å². The number of anilines is 1. The number of nitrogens with one attached hydrogen (secondary N) is 1. The number of carboxylic acids is 1. The summed E-state index contributed by atoms with van der Waals surface area (Å²) in [4.78, 5) is 22.6. The first-order chi connectivity index (χ1) is 8.24. The Hall–Kier alpha value is -2.05. The van der Waals surface area contributed by atoms with E-state index in [4.69, 9.17) is 9.84 Å². The second kappa shape index (κ2) is 5.07. The maximum atomic E-state index is 11.6. The van der Waals surface area contributed by atoms with Crippen LogP contribution < -0.4 is 5.32 Å². The maximum absolute atomic E-state index is 11.6. The van der Waals surface area contributed by atoms with Crippen molar-refractivity contribution in [1.82, 2.24) is 9.78 Å². The summed E-state index contributed by atoms with van der Waals surface area (Å²) in [5.41, 5.74) is -0.715. The molecule has 18 heavy (non-hydrogen) atoms. The van der Waals surface area contributed by atoms with Crippen molar-refractivity contribution < 1.29 is 19.4 Å². The van der Waals surface area contributed by atoms with E-state index in [-0.39, 0.29) is 11.4 Å². The quantitative estimate of drug-likeness (QED) is 0.860. The predicted molar refractivity (Wildman–Crippen MR) is 64.7 cm³/mol. The zero-order valence-corrected chi connectivity index (χ0v) is 10.9. The van der Waals surface area contributed by atoms with Gasteiger partial charge < -0.3 is 9.84 Å². The number of aromatic carboxylic acids is 1. The highest BCUT2D eigenvalue weighted by molar-refractivity contribution is 5.97. The molecular weight excluding hydrogens is 238 g/mol. The number of aryl methyl sites for hydroxylation is 1. The van der Waals surface area contributed by atoms with Crippen molar-refractivity contribution in [3.63, 3.8) is 0 Å². The maximum Gasteiger partial charge on any atom is 0.413 e. The van der Waals surface area contributed by atoms with Gasteiger partial charge in [0.25, 0.3) is 0 Å². The number of carbonyl (C=O) groups excluding carboxylic acids is 1. The highest BCUT2D eigenvalue weighted by Crippen LogP contribution is 2.17. The number of carbonyl (C=O) groups is 2. The minimum absolute atomic E-state index is 0.0669. The molecule has 0 aliphatic rings. The molecule has 1 aromatic heterocycles. The Morgan fingerprint density at radius 3 is 2.56 bits per heavy atom. The minimum atomic E-state index is -1.15. The largest absolute Gasteiger partial charge is 0.477 e. The van der Waals surface area contributed by atoms with Crippen LogP contribution in [0.2, 0.25) is 0 Å². The first kappa shape index (κ1) is 14.0. The zero-order valence-electron chi connectivity index (χ0n) is 10.9. The Morgan fingerprint density at radius 1 is 1.50 bits per heavy atom. The van der Waals surface area contributed by atoms with E-state index in [2.05, 4.69) is 10.4 Å². The second-order valence-corrected chi connectivity index (χ2v) is 4.65. The molecule has 0 unspecified atom stereocenters. The molecule has 2 N–H and O–H groups in total. The van der Waals surface area contributed by atoms with Crippen LogP contribution in [0.15, 0.2) is 6.20 Å². The van der Waals surface area contributed by atoms with E-state index in [1.54, 1.807) is 27.7 Å². The minimum Gasteiger partial charge on any atom is -0.477 e. The summed E-state index contributed by atoms with van der Waals surface area (Å²) in [7, 11) is 0. The second-order valence-electron chi connectivity index (χ2n) is 4.65. The third-order valence-corrected chi connectivity index (χ3v) is 1.99. The number of carboxylic acid groups (broad SMARTS) is 1. The van der Waals surface area contributed by atoms with E-state index in [0.717, 1.165) is 0 Å². The fraction of sp³-hybridized carbons (Fsp3) is 0.545. The van der Waals surface area contributed by atoms with Gasteiger partial charge in [0.15, 0.2) is 0 Å². The van der Waals surface area contributed by atoms with Crippen molar-refractivity contribution in [2.24, 2.45) is 0 Å². The summed E-state index contributed by atoms with van der Waals surface area (Å²) >= 11 is 0. The van der Waals surface area contributed by atoms with Gasteiger partial charge in [-0.15, -0.1) is 0 Å². The molecule has 0 fully saturated rings. The van der Waals surface area contributed by atoms with Crippen molar-refractivity contribution in [3.05, 3.63) is 11.8 Å². The van der Waals surface area contributed by atoms with Crippen molar-refractivity contribution in [3.8, 4) is 0 Å². The van der Waals surface area contributed by atoms with E-state index >= 15 is 0 Å². The lowest BCUT2D eigenvalue weighted by Gasteiger charge is -2.20. The number of amides is 1. The van der Waals surface area contributed by atoms with Gasteiger partial charge in [-0.25, -0.2) is 14.3 Å². The van der Waals surface area contributed by atoms with E-state index in [9.17, 15) is 9.59 Å². The van der Waals surface area contributed by atoms with Gasteiger partial charge >= 0.3 is 12.1 Å². The van der Waals surface area contributed by atoms with Crippen LogP contribution in [-0.4, -0.2) is 32.6 Å². The van der Waals surface area contributed by atoms with Crippen LogP contribution in [0.1, 0.15) is 38.1 Å². The van der Waals surface area contributed by atoms with Crippen molar-refractivity contribution in [2.45, 2.75) is 39.8 Å². The molecule has 0 atom stereocenters. The molecule has 1 heterocycles. The first-order valence-electron chi connectivity index (χ1n) is 5.53. The third-order valence-electron chi connectivity index (χ3n) is 1.99. The molecule has 100 valence electrons. The molecule has 0 saturated carbocycles. The number of hydrogen-bond acceptors (Lipinski definition) is 4. The fourth-order valence-corrected chi connectivity index (χ4v) is 1.31. The molecule has 7 heteroatoms. The molecule has 1 rings (SSSR count). The summed E-state index contributed by atoms with van der Waals surface area (Å²) in [6.07, 6.45) is 0.485. The Bertz CT molecular complexity index is 459. The van der Waals surface area contributed by atoms with Gasteiger partial charge in [-0.1, -0.05) is 0 Å². The molecule has 0 aliphatic carbocycles. The fourth-order valence-electron chi connectivity index (χ4n) is 1.31. The summed E-state index contributed by atoms with van der Waals surface area (Å²) in [5, 5.41) is 15.3. The van der Waals surface area contributed by atoms with E-state index in [1.807, 2.05) is 0 Å². The highest BCUT2D eigenvalue weighted by Gasteiger charge is 2.21. The molecule has 0 saturated heterocycles. The number of rotatable bonds is 3. The average molecular weight is 255 g/mol. The lowest BCUT2D eigenvalue weighted by molar-refractivity contribution is 0.0634. The number of aromatic nitrogens is 2. The summed E-state index contributed by atoms with van der Waals surface area (Å²) in [6.45, 7) is 7.41. The Morgan fingerprint density at radius 2 is 2.11 bits per heavy atom. The SMILES string of the molecule is CCn1ncc(C(=O)O)c1NC(=O)OC(C)(C)C. The van der Waals surface area contributed by atoms with Crippen molar-refractivity contribution >= 4 is 17.9 Å². The number of ether oxygens (including phenoxy) is 1. The van der Waals surface area contributed by atoms with E-state index in [1.165, 1.54) is 10.9 Å². The lowest BCUT2D eigenvalue weighted by Crippen LogP contribution is -2.28. The van der Waals surface area contributed by atoms with Gasteiger partial charge in [-0.05, 0) is 27.7 Å². The van der Waals surface area contributed by atoms with Gasteiger partial charge in [0, 0.05) is 6.54 Å². The van der Waals surface area contributed by atoms with Gasteiger partial charge in [-0.3, -0.25) is 5.32 Å². The predicted octanol–water partition coefficient (Wildman–Crippen LogP) is 1.95. The molecular formula is C11H17N3O4. The first-order valence-corrected chi connectivity index (χ1v) is 5.53. The standard InChI is InChI=1S/C11H17N3O4/c1-5-14-8(7(6-12-14)9(15)16)13-10(17)18-11(2,3)4/h6H,5H2,1-4H3,(H,13,17)(H,15,16). The smallest absolute Gasteiger partial charge is 0.413 e. The van der Waals surface area contributed by atoms with Crippen LogP contribution in [0.25, 0.3) is 0 Å². The van der Waals surface area contributed by atoms with Crippen LogP contribution in [-0.2, 0) is 11.3 Å². The van der Waals surface area contributed by atoms with E-state index < -0.39 is 17.7 Å². The molecule has 0 spiro atoms. The van der Waals surface area contributed by atoms with Crippen LogP contribution in [0.4, 0.5) is 10.6 Å². The van der Waals surface area contributed by atoms with Crippen molar-refractivity contribution in [1.29, 1.82) is 0 Å². The van der Waals surface area contributed by atoms with Gasteiger partial charge in [0.2, 0.25) is 0 Å². The number of hydrogen-bond donors (Lipinski definition) is 2. The van der Waals surface area contributed by atoms with Gasteiger partial charge in [0.1, 0.15) is 17.0 Å². The molecule has 0 aliphatic heterocycles. The van der Waals surface area contributed by atoms with Gasteiger partial charge in [-0.2, -0.15) is 5.10 Å². The molecule has 0 radical (unpaired) electrons. The highest BCUT2D eigenvalue weighted by atomic mass is 16.6. The molecule has 1 amide bonds. The monoisotopic (exact) mass is 255 g/mol. The molecule has 0 bridgehead atoms. The normalized spacial score (nSPS) is 11.1. The molecule has 1 aromatic rings. The lowest BCUT2D eigenvalue weighted by atomic mass is 10.2. The zero-order chi connectivity index (χ0) is 13.9. The third kappa shape index (κ3) is 3.47. The van der Waals surface area contributed by atoms with E-state index in [0.29, 0.717) is 6.54 Å². The summed E-state index contributed by atoms with van der Waals surface area (Å²) in [5.74, 6) is -1.03. The summed E-state index contributed by atoms with van der Waals surface area (Å²) in [6, 6.07) is 0. The molecule has 7 nitrogen and oxygen atoms in total. The van der Waals surface area contributed by atoms with Crippen molar-refractivity contribution in [2.75, 3.05) is 5.32 Å². The van der Waals surface area contributed by atoms with Crippen LogP contribution >= 0.6 is 0 Å². The molecule has 0 aromatic carbocycles. The van der Waals surface area contributed by atoms with Gasteiger partial charge in [0.05, 0.1) is 6.20 Å². The number of nitrogens with zero attached hydrogens (tertiary/aromatic N) is 2.